The summed E-state index contributed by atoms with van der Waals surface area (Å²) in [6, 6.07) is 28.5. The molecule has 39 heavy (non-hydrogen) atoms. The van der Waals surface area contributed by atoms with Crippen molar-refractivity contribution in [3.8, 4) is 23.0 Å². The molecule has 0 atom stereocenters. The molecule has 0 saturated carbocycles. The molecule has 0 fully saturated rings. The van der Waals surface area contributed by atoms with Crippen LogP contribution < -0.4 is 14.2 Å². The number of fused-ring (bicyclic) bond motifs is 1. The maximum absolute atomic E-state index is 5.75. The molecule has 5 rings (SSSR count). The SMILES string of the molecule is CC(C)(C)c1ccc(Oc2ccccc2)cc1.CC(C)(C)c1ccc2c(c1)OCO2.CC(C)(C)c1cccs1. The lowest BCUT2D eigenvalue weighted by molar-refractivity contribution is 0.174. The van der Waals surface area contributed by atoms with Gasteiger partial charge in [-0.1, -0.05) is 105 Å². The number of benzene rings is 3. The van der Waals surface area contributed by atoms with Crippen LogP contribution in [0.25, 0.3) is 0 Å². The number of para-hydroxylation sites is 1. The van der Waals surface area contributed by atoms with E-state index in [1.807, 2.05) is 59.9 Å². The third kappa shape index (κ3) is 9.47. The van der Waals surface area contributed by atoms with Gasteiger partial charge in [0, 0.05) is 4.88 Å². The van der Waals surface area contributed by atoms with Crippen molar-refractivity contribution in [2.24, 2.45) is 0 Å². The van der Waals surface area contributed by atoms with Gasteiger partial charge in [0.25, 0.3) is 0 Å². The summed E-state index contributed by atoms with van der Waals surface area (Å²) >= 11 is 1.83. The Hall–Kier alpha value is -3.24. The average Bonchev–Trinajstić information content (AvgIpc) is 3.57. The first-order valence-electron chi connectivity index (χ1n) is 13.5. The van der Waals surface area contributed by atoms with Gasteiger partial charge in [-0.3, -0.25) is 0 Å². The van der Waals surface area contributed by atoms with Gasteiger partial charge in [-0.15, -0.1) is 11.3 Å². The Labute approximate surface area is 239 Å². The minimum atomic E-state index is 0.168. The van der Waals surface area contributed by atoms with Crippen LogP contribution in [-0.4, -0.2) is 6.79 Å². The molecule has 0 saturated heterocycles. The van der Waals surface area contributed by atoms with Crippen LogP contribution in [0.1, 0.15) is 78.3 Å². The van der Waals surface area contributed by atoms with E-state index in [4.69, 9.17) is 14.2 Å². The largest absolute Gasteiger partial charge is 0.457 e. The summed E-state index contributed by atoms with van der Waals surface area (Å²) in [5.41, 5.74) is 3.29. The van der Waals surface area contributed by atoms with Crippen LogP contribution in [0.2, 0.25) is 0 Å². The van der Waals surface area contributed by atoms with Crippen LogP contribution in [0.5, 0.6) is 23.0 Å². The van der Waals surface area contributed by atoms with Crippen LogP contribution in [-0.2, 0) is 16.2 Å². The van der Waals surface area contributed by atoms with Gasteiger partial charge in [-0.05, 0) is 75.2 Å². The van der Waals surface area contributed by atoms with Crippen molar-refractivity contribution in [2.45, 2.75) is 78.6 Å². The molecule has 4 aromatic rings. The third-order valence-corrected chi connectivity index (χ3v) is 7.49. The first-order chi connectivity index (χ1) is 18.2. The number of hydrogen-bond acceptors (Lipinski definition) is 4. The van der Waals surface area contributed by atoms with E-state index in [-0.39, 0.29) is 10.8 Å². The molecule has 0 N–H and O–H groups in total. The fourth-order valence-electron chi connectivity index (χ4n) is 3.72. The van der Waals surface area contributed by atoms with Gasteiger partial charge in [0.15, 0.2) is 11.5 Å². The Kier molecular flexibility index (Phi) is 9.90. The van der Waals surface area contributed by atoms with Gasteiger partial charge in [-0.2, -0.15) is 0 Å². The topological polar surface area (TPSA) is 27.7 Å². The summed E-state index contributed by atoms with van der Waals surface area (Å²) in [5.74, 6) is 3.47. The lowest BCUT2D eigenvalue weighted by Crippen LogP contribution is -2.10. The van der Waals surface area contributed by atoms with Gasteiger partial charge in [0.1, 0.15) is 11.5 Å². The van der Waals surface area contributed by atoms with E-state index in [1.54, 1.807) is 0 Å². The second kappa shape index (κ2) is 12.7. The van der Waals surface area contributed by atoms with Crippen molar-refractivity contribution in [1.82, 2.24) is 0 Å². The number of thiophene rings is 1. The van der Waals surface area contributed by atoms with Crippen molar-refractivity contribution in [2.75, 3.05) is 6.79 Å². The molecule has 4 heteroatoms. The zero-order valence-electron chi connectivity index (χ0n) is 25.0. The number of ether oxygens (including phenoxy) is 3. The molecule has 3 aromatic carbocycles. The van der Waals surface area contributed by atoms with Gasteiger partial charge >= 0.3 is 0 Å². The third-order valence-electron chi connectivity index (χ3n) is 6.20. The molecule has 1 aliphatic heterocycles. The summed E-state index contributed by atoms with van der Waals surface area (Å²) < 4.78 is 16.3. The predicted octanol–water partition coefficient (Wildman–Crippen LogP) is 10.5. The first kappa shape index (κ1) is 30.3. The summed E-state index contributed by atoms with van der Waals surface area (Å²) in [5, 5.41) is 2.13. The Morgan fingerprint density at radius 3 is 1.64 bits per heavy atom. The first-order valence-corrected chi connectivity index (χ1v) is 14.4. The van der Waals surface area contributed by atoms with Crippen molar-refractivity contribution < 1.29 is 14.2 Å². The fraction of sp³-hybridized carbons (Fsp3) is 0.371. The number of hydrogen-bond donors (Lipinski definition) is 0. The fourth-order valence-corrected chi connectivity index (χ4v) is 4.53. The molecular formula is C35H44O3S. The molecule has 3 nitrogen and oxygen atoms in total. The Morgan fingerprint density at radius 1 is 0.564 bits per heavy atom. The Morgan fingerprint density at radius 2 is 1.13 bits per heavy atom. The predicted molar refractivity (Wildman–Crippen MR) is 166 cm³/mol. The Bertz CT molecular complexity index is 1270. The molecule has 0 bridgehead atoms. The van der Waals surface area contributed by atoms with E-state index < -0.39 is 0 Å². The van der Waals surface area contributed by atoms with Crippen LogP contribution in [0.3, 0.4) is 0 Å². The van der Waals surface area contributed by atoms with Crippen LogP contribution in [0, 0.1) is 0 Å². The van der Waals surface area contributed by atoms with E-state index in [0.717, 1.165) is 23.0 Å². The van der Waals surface area contributed by atoms with E-state index >= 15 is 0 Å². The highest BCUT2D eigenvalue weighted by atomic mass is 32.1. The quantitative estimate of drug-likeness (QED) is 0.251. The lowest BCUT2D eigenvalue weighted by Gasteiger charge is -2.19. The van der Waals surface area contributed by atoms with Crippen molar-refractivity contribution in [1.29, 1.82) is 0 Å². The van der Waals surface area contributed by atoms with Crippen molar-refractivity contribution >= 4 is 11.3 Å². The molecule has 0 aliphatic carbocycles. The molecule has 0 radical (unpaired) electrons. The zero-order valence-corrected chi connectivity index (χ0v) is 25.8. The van der Waals surface area contributed by atoms with Crippen molar-refractivity contribution in [3.63, 3.8) is 0 Å². The Balaban J connectivity index is 0.000000170. The summed E-state index contributed by atoms with van der Waals surface area (Å²) in [7, 11) is 0. The highest BCUT2D eigenvalue weighted by molar-refractivity contribution is 7.10. The van der Waals surface area contributed by atoms with Crippen LogP contribution in [0.15, 0.2) is 90.3 Å². The second-order valence-electron chi connectivity index (χ2n) is 12.7. The molecule has 0 spiro atoms. The normalized spacial score (nSPS) is 12.5. The molecule has 0 amide bonds. The highest BCUT2D eigenvalue weighted by Crippen LogP contribution is 2.36. The summed E-state index contributed by atoms with van der Waals surface area (Å²) in [4.78, 5) is 1.46. The standard InChI is InChI=1S/C16H18O.C11H14O2.C8H12S/c1-16(2,3)13-9-11-15(12-10-13)17-14-7-5-4-6-8-14;1-11(2,3)8-4-5-9-10(6-8)13-7-12-9;1-8(2,3)7-5-4-6-9-7/h4-12H,1-3H3;4-6H,7H2,1-3H3;4-6H,1-3H3. The molecule has 208 valence electrons. The van der Waals surface area contributed by atoms with Gasteiger partial charge in [0.05, 0.1) is 0 Å². The van der Waals surface area contributed by atoms with Gasteiger partial charge in [0.2, 0.25) is 6.79 Å². The molecule has 1 aromatic heterocycles. The molecule has 1 aliphatic rings. The smallest absolute Gasteiger partial charge is 0.231 e. The minimum Gasteiger partial charge on any atom is -0.457 e. The van der Waals surface area contributed by atoms with Gasteiger partial charge in [-0.25, -0.2) is 0 Å². The zero-order chi connectivity index (χ0) is 28.7. The minimum absolute atomic E-state index is 0.168. The maximum Gasteiger partial charge on any atom is 0.231 e. The van der Waals surface area contributed by atoms with Crippen molar-refractivity contribution in [3.05, 3.63) is 106 Å². The highest BCUT2D eigenvalue weighted by Gasteiger charge is 2.19. The van der Waals surface area contributed by atoms with E-state index in [1.165, 1.54) is 16.0 Å². The lowest BCUT2D eigenvalue weighted by atomic mass is 9.87. The van der Waals surface area contributed by atoms with E-state index in [0.29, 0.717) is 12.2 Å². The van der Waals surface area contributed by atoms with Crippen LogP contribution >= 0.6 is 11.3 Å². The molecule has 0 unspecified atom stereocenters. The average molecular weight is 545 g/mol. The van der Waals surface area contributed by atoms with E-state index in [2.05, 4.69) is 104 Å². The molecule has 2 heterocycles. The van der Waals surface area contributed by atoms with Crippen LogP contribution in [0.4, 0.5) is 0 Å². The summed E-state index contributed by atoms with van der Waals surface area (Å²) in [6.45, 7) is 20.2. The summed E-state index contributed by atoms with van der Waals surface area (Å²) in [6.07, 6.45) is 0. The number of rotatable bonds is 2. The second-order valence-corrected chi connectivity index (χ2v) is 13.7. The monoisotopic (exact) mass is 544 g/mol. The maximum atomic E-state index is 5.75. The molecular weight excluding hydrogens is 500 g/mol. The van der Waals surface area contributed by atoms with E-state index in [9.17, 15) is 0 Å². The van der Waals surface area contributed by atoms with Gasteiger partial charge < -0.3 is 14.2 Å².